The summed E-state index contributed by atoms with van der Waals surface area (Å²) in [5, 5.41) is 6.44. The minimum absolute atomic E-state index is 0.406. The lowest BCUT2D eigenvalue weighted by Crippen LogP contribution is -2.29. The maximum atomic E-state index is 5.61. The molecule has 2 atom stereocenters. The molecule has 2 heteroatoms. The number of ether oxygens (including phenoxy) is 1. The maximum Gasteiger partial charge on any atom is 0.0513 e. The van der Waals surface area contributed by atoms with Gasteiger partial charge in [-0.1, -0.05) is 49.4 Å². The molecular weight excluding hydrogens is 246 g/mol. The Labute approximate surface area is 121 Å². The van der Waals surface area contributed by atoms with E-state index in [1.165, 1.54) is 16.3 Å². The van der Waals surface area contributed by atoms with Gasteiger partial charge in [0.2, 0.25) is 0 Å². The molecule has 1 fully saturated rings. The molecule has 0 spiro atoms. The molecule has 2 nitrogen and oxygen atoms in total. The van der Waals surface area contributed by atoms with Crippen LogP contribution in [-0.2, 0) is 4.74 Å². The van der Waals surface area contributed by atoms with Crippen LogP contribution in [0.2, 0.25) is 0 Å². The van der Waals surface area contributed by atoms with Gasteiger partial charge in [0.25, 0.3) is 0 Å². The average molecular weight is 269 g/mol. The van der Waals surface area contributed by atoms with Crippen LogP contribution in [-0.4, -0.2) is 19.8 Å². The standard InChI is InChI=1S/C18H23NO/c1-2-11-19-18(15-10-12-20-13-15)17-9-5-7-14-6-3-4-8-16(14)17/h3-9,15,18-19H,2,10-13H2,1H3. The van der Waals surface area contributed by atoms with Crippen molar-refractivity contribution >= 4 is 10.8 Å². The molecule has 20 heavy (non-hydrogen) atoms. The summed E-state index contributed by atoms with van der Waals surface area (Å²) in [6, 6.07) is 15.7. The maximum absolute atomic E-state index is 5.61. The number of benzene rings is 2. The first-order valence-corrected chi connectivity index (χ1v) is 7.69. The second kappa shape index (κ2) is 6.38. The first kappa shape index (κ1) is 13.6. The Morgan fingerprint density at radius 1 is 1.20 bits per heavy atom. The van der Waals surface area contributed by atoms with E-state index >= 15 is 0 Å². The van der Waals surface area contributed by atoms with Gasteiger partial charge >= 0.3 is 0 Å². The van der Waals surface area contributed by atoms with Crippen molar-refractivity contribution in [2.45, 2.75) is 25.8 Å². The summed E-state index contributed by atoms with van der Waals surface area (Å²) >= 11 is 0. The summed E-state index contributed by atoms with van der Waals surface area (Å²) in [5.41, 5.74) is 1.42. The molecule has 1 saturated heterocycles. The van der Waals surface area contributed by atoms with Crippen LogP contribution in [0.5, 0.6) is 0 Å². The lowest BCUT2D eigenvalue weighted by Gasteiger charge is -2.25. The van der Waals surface area contributed by atoms with Gasteiger partial charge in [0, 0.05) is 18.6 Å². The molecule has 106 valence electrons. The number of hydrogen-bond acceptors (Lipinski definition) is 2. The lowest BCUT2D eigenvalue weighted by molar-refractivity contribution is 0.177. The van der Waals surface area contributed by atoms with Crippen LogP contribution in [0.4, 0.5) is 0 Å². The zero-order chi connectivity index (χ0) is 13.8. The fourth-order valence-electron chi connectivity index (χ4n) is 3.17. The van der Waals surface area contributed by atoms with E-state index in [9.17, 15) is 0 Å². The number of hydrogen-bond donors (Lipinski definition) is 1. The highest BCUT2D eigenvalue weighted by atomic mass is 16.5. The van der Waals surface area contributed by atoms with Gasteiger partial charge < -0.3 is 10.1 Å². The minimum Gasteiger partial charge on any atom is -0.381 e. The molecule has 0 radical (unpaired) electrons. The fraction of sp³-hybridized carbons (Fsp3) is 0.444. The Morgan fingerprint density at radius 3 is 2.85 bits per heavy atom. The van der Waals surface area contributed by atoms with Crippen LogP contribution >= 0.6 is 0 Å². The number of nitrogens with one attached hydrogen (secondary N) is 1. The summed E-state index contributed by atoms with van der Waals surface area (Å²) in [6.45, 7) is 5.06. The molecule has 2 unspecified atom stereocenters. The van der Waals surface area contributed by atoms with E-state index in [0.29, 0.717) is 12.0 Å². The van der Waals surface area contributed by atoms with Crippen molar-refractivity contribution < 1.29 is 4.74 Å². The quantitative estimate of drug-likeness (QED) is 0.888. The van der Waals surface area contributed by atoms with Gasteiger partial charge in [-0.05, 0) is 35.7 Å². The van der Waals surface area contributed by atoms with Crippen molar-refractivity contribution in [1.82, 2.24) is 5.32 Å². The normalized spacial score (nSPS) is 20.4. The van der Waals surface area contributed by atoms with Gasteiger partial charge in [0.15, 0.2) is 0 Å². The summed E-state index contributed by atoms with van der Waals surface area (Å²) in [7, 11) is 0. The predicted molar refractivity (Wildman–Crippen MR) is 83.9 cm³/mol. The topological polar surface area (TPSA) is 21.3 Å². The van der Waals surface area contributed by atoms with Gasteiger partial charge in [-0.2, -0.15) is 0 Å². The molecule has 0 amide bonds. The summed E-state index contributed by atoms with van der Waals surface area (Å²) in [5.74, 6) is 0.590. The Bertz CT molecular complexity index is 555. The molecule has 1 aliphatic rings. The van der Waals surface area contributed by atoms with Crippen molar-refractivity contribution in [3.63, 3.8) is 0 Å². The van der Waals surface area contributed by atoms with E-state index < -0.39 is 0 Å². The molecule has 0 aromatic heterocycles. The van der Waals surface area contributed by atoms with Crippen molar-refractivity contribution in [2.24, 2.45) is 5.92 Å². The monoisotopic (exact) mass is 269 g/mol. The summed E-state index contributed by atoms with van der Waals surface area (Å²) < 4.78 is 5.61. The zero-order valence-corrected chi connectivity index (χ0v) is 12.1. The Kier molecular flexibility index (Phi) is 4.34. The Balaban J connectivity index is 1.99. The second-order valence-corrected chi connectivity index (χ2v) is 5.62. The number of rotatable bonds is 5. The minimum atomic E-state index is 0.406. The molecule has 2 aromatic carbocycles. The van der Waals surface area contributed by atoms with Crippen molar-refractivity contribution in [2.75, 3.05) is 19.8 Å². The fourth-order valence-corrected chi connectivity index (χ4v) is 3.17. The third kappa shape index (κ3) is 2.72. The third-order valence-corrected chi connectivity index (χ3v) is 4.21. The van der Waals surface area contributed by atoms with Crippen LogP contribution in [0, 0.1) is 5.92 Å². The Hall–Kier alpha value is -1.38. The van der Waals surface area contributed by atoms with Crippen LogP contribution < -0.4 is 5.32 Å². The van der Waals surface area contributed by atoms with Crippen LogP contribution in [0.1, 0.15) is 31.4 Å². The van der Waals surface area contributed by atoms with E-state index in [1.54, 1.807) is 0 Å². The van der Waals surface area contributed by atoms with Gasteiger partial charge in [-0.25, -0.2) is 0 Å². The highest BCUT2D eigenvalue weighted by Crippen LogP contribution is 2.33. The van der Waals surface area contributed by atoms with Gasteiger partial charge in [-0.15, -0.1) is 0 Å². The lowest BCUT2D eigenvalue weighted by atomic mass is 9.89. The highest BCUT2D eigenvalue weighted by molar-refractivity contribution is 5.86. The van der Waals surface area contributed by atoms with Gasteiger partial charge in [0.1, 0.15) is 0 Å². The van der Waals surface area contributed by atoms with E-state index in [0.717, 1.165) is 32.6 Å². The summed E-state index contributed by atoms with van der Waals surface area (Å²) in [4.78, 5) is 0. The summed E-state index contributed by atoms with van der Waals surface area (Å²) in [6.07, 6.45) is 2.32. The molecule has 3 rings (SSSR count). The van der Waals surface area contributed by atoms with Crippen molar-refractivity contribution in [3.8, 4) is 0 Å². The SMILES string of the molecule is CCCNC(c1cccc2ccccc12)C1CCOC1. The number of fused-ring (bicyclic) bond motifs is 1. The predicted octanol–water partition coefficient (Wildman–Crippen LogP) is 3.92. The average Bonchev–Trinajstić information content (AvgIpc) is 3.02. The first-order chi connectivity index (χ1) is 9.90. The van der Waals surface area contributed by atoms with Gasteiger partial charge in [0.05, 0.1) is 6.61 Å². The van der Waals surface area contributed by atoms with E-state index in [1.807, 2.05) is 0 Å². The van der Waals surface area contributed by atoms with Crippen LogP contribution in [0.25, 0.3) is 10.8 Å². The first-order valence-electron chi connectivity index (χ1n) is 7.69. The zero-order valence-electron chi connectivity index (χ0n) is 12.1. The van der Waals surface area contributed by atoms with E-state index in [-0.39, 0.29) is 0 Å². The molecule has 0 aliphatic carbocycles. The molecular formula is C18H23NO. The van der Waals surface area contributed by atoms with Crippen LogP contribution in [0.3, 0.4) is 0 Å². The largest absolute Gasteiger partial charge is 0.381 e. The van der Waals surface area contributed by atoms with E-state index in [2.05, 4.69) is 54.7 Å². The molecule has 0 bridgehead atoms. The third-order valence-electron chi connectivity index (χ3n) is 4.21. The molecule has 0 saturated carbocycles. The van der Waals surface area contributed by atoms with Crippen molar-refractivity contribution in [3.05, 3.63) is 48.0 Å². The highest BCUT2D eigenvalue weighted by Gasteiger charge is 2.27. The van der Waals surface area contributed by atoms with Gasteiger partial charge in [-0.3, -0.25) is 0 Å². The molecule has 1 N–H and O–H groups in total. The van der Waals surface area contributed by atoms with E-state index in [4.69, 9.17) is 4.74 Å². The Morgan fingerprint density at radius 2 is 2.05 bits per heavy atom. The smallest absolute Gasteiger partial charge is 0.0513 e. The molecule has 1 aliphatic heterocycles. The van der Waals surface area contributed by atoms with Crippen molar-refractivity contribution in [1.29, 1.82) is 0 Å². The molecule has 2 aromatic rings. The second-order valence-electron chi connectivity index (χ2n) is 5.62. The van der Waals surface area contributed by atoms with Crippen LogP contribution in [0.15, 0.2) is 42.5 Å². The molecule has 1 heterocycles.